The Labute approximate surface area is 205 Å². The Hall–Kier alpha value is -3.98. The van der Waals surface area contributed by atoms with Crippen molar-refractivity contribution in [1.29, 1.82) is 0 Å². The Morgan fingerprint density at radius 3 is 2.31 bits per heavy atom. The third kappa shape index (κ3) is 6.13. The summed E-state index contributed by atoms with van der Waals surface area (Å²) >= 11 is 1.42. The van der Waals surface area contributed by atoms with Crippen LogP contribution in [-0.4, -0.2) is 28.1 Å². The van der Waals surface area contributed by atoms with E-state index < -0.39 is 18.1 Å². The molecule has 2 aromatic carbocycles. The number of ether oxygens (including phenoxy) is 2. The lowest BCUT2D eigenvalue weighted by Crippen LogP contribution is -2.43. The number of aromatic nitrogens is 2. The number of esters is 1. The van der Waals surface area contributed by atoms with Gasteiger partial charge in [-0.2, -0.15) is 0 Å². The predicted molar refractivity (Wildman–Crippen MR) is 133 cm³/mol. The number of H-pyrrole nitrogens is 1. The van der Waals surface area contributed by atoms with Gasteiger partial charge in [0.2, 0.25) is 0 Å². The quantitative estimate of drug-likeness (QED) is 0.358. The monoisotopic (exact) mass is 491 g/mol. The molecule has 2 aromatic heterocycles. The van der Waals surface area contributed by atoms with Gasteiger partial charge in [0.1, 0.15) is 29.9 Å². The SMILES string of the molecule is Cc1sc2nc(COC(=O)[C@H](Cc3ccccc3)NC(=O)OCc3ccccc3)[nH]c(=O)c2c1C. The molecule has 0 aliphatic carbocycles. The van der Waals surface area contributed by atoms with E-state index in [0.29, 0.717) is 10.2 Å². The number of benzene rings is 2. The van der Waals surface area contributed by atoms with Crippen molar-refractivity contribution in [2.75, 3.05) is 0 Å². The minimum atomic E-state index is -0.984. The molecule has 0 spiro atoms. The lowest BCUT2D eigenvalue weighted by atomic mass is 10.1. The van der Waals surface area contributed by atoms with E-state index in [4.69, 9.17) is 9.47 Å². The number of carbonyl (C=O) groups is 2. The van der Waals surface area contributed by atoms with Gasteiger partial charge in [-0.25, -0.2) is 14.6 Å². The molecule has 0 saturated heterocycles. The van der Waals surface area contributed by atoms with E-state index >= 15 is 0 Å². The minimum absolute atomic E-state index is 0.0740. The van der Waals surface area contributed by atoms with Gasteiger partial charge in [-0.1, -0.05) is 60.7 Å². The number of carbonyl (C=O) groups excluding carboxylic acids is 2. The van der Waals surface area contributed by atoms with E-state index in [1.807, 2.05) is 74.5 Å². The first-order valence-corrected chi connectivity index (χ1v) is 11.9. The van der Waals surface area contributed by atoms with E-state index in [-0.39, 0.29) is 31.0 Å². The average molecular weight is 492 g/mol. The average Bonchev–Trinajstić information content (AvgIpc) is 3.15. The van der Waals surface area contributed by atoms with Gasteiger partial charge < -0.3 is 19.8 Å². The number of nitrogens with one attached hydrogen (secondary N) is 2. The van der Waals surface area contributed by atoms with Crippen molar-refractivity contribution < 1.29 is 19.1 Å². The summed E-state index contributed by atoms with van der Waals surface area (Å²) in [4.78, 5) is 46.5. The predicted octanol–water partition coefficient (Wildman–Crippen LogP) is 4.18. The summed E-state index contributed by atoms with van der Waals surface area (Å²) in [5.41, 5.74) is 2.29. The van der Waals surface area contributed by atoms with Crippen molar-refractivity contribution in [2.45, 2.75) is 39.5 Å². The zero-order valence-electron chi connectivity index (χ0n) is 19.4. The number of hydrogen-bond acceptors (Lipinski definition) is 7. The van der Waals surface area contributed by atoms with Gasteiger partial charge in [-0.05, 0) is 30.5 Å². The Kier molecular flexibility index (Phi) is 7.57. The first-order chi connectivity index (χ1) is 16.9. The van der Waals surface area contributed by atoms with Crippen LogP contribution in [0.4, 0.5) is 4.79 Å². The van der Waals surface area contributed by atoms with Crippen LogP contribution in [0.3, 0.4) is 0 Å². The van der Waals surface area contributed by atoms with E-state index in [2.05, 4.69) is 15.3 Å². The normalized spacial score (nSPS) is 11.7. The van der Waals surface area contributed by atoms with Gasteiger partial charge in [0.15, 0.2) is 0 Å². The second-order valence-electron chi connectivity index (χ2n) is 8.03. The fourth-order valence-corrected chi connectivity index (χ4v) is 4.61. The number of thiophene rings is 1. The molecule has 8 nitrogen and oxygen atoms in total. The zero-order chi connectivity index (χ0) is 24.8. The molecular weight excluding hydrogens is 466 g/mol. The molecule has 0 bridgehead atoms. The van der Waals surface area contributed by atoms with Crippen molar-refractivity contribution in [1.82, 2.24) is 15.3 Å². The molecule has 4 rings (SSSR count). The van der Waals surface area contributed by atoms with Gasteiger partial charge in [0, 0.05) is 11.3 Å². The van der Waals surface area contributed by atoms with Gasteiger partial charge >= 0.3 is 12.1 Å². The molecule has 0 saturated carbocycles. The smallest absolute Gasteiger partial charge is 0.408 e. The Balaban J connectivity index is 1.44. The molecule has 2 N–H and O–H groups in total. The molecule has 0 aliphatic heterocycles. The highest BCUT2D eigenvalue weighted by atomic mass is 32.1. The highest BCUT2D eigenvalue weighted by Gasteiger charge is 2.24. The molecule has 0 radical (unpaired) electrons. The van der Waals surface area contributed by atoms with Crippen molar-refractivity contribution in [2.24, 2.45) is 0 Å². The number of alkyl carbamates (subject to hydrolysis) is 1. The van der Waals surface area contributed by atoms with E-state index in [1.165, 1.54) is 11.3 Å². The zero-order valence-corrected chi connectivity index (χ0v) is 20.2. The molecular formula is C26H25N3O5S. The fraction of sp³-hybridized carbons (Fsp3) is 0.231. The molecule has 1 amide bonds. The van der Waals surface area contributed by atoms with Gasteiger partial charge in [0.05, 0.1) is 5.39 Å². The highest BCUT2D eigenvalue weighted by Crippen LogP contribution is 2.25. The van der Waals surface area contributed by atoms with Crippen LogP contribution in [0.2, 0.25) is 0 Å². The molecule has 35 heavy (non-hydrogen) atoms. The van der Waals surface area contributed by atoms with Gasteiger partial charge in [-0.15, -0.1) is 11.3 Å². The number of aryl methyl sites for hydroxylation is 2. The second kappa shape index (κ2) is 11.0. The molecule has 0 aliphatic rings. The molecule has 1 atom stereocenters. The van der Waals surface area contributed by atoms with Crippen molar-refractivity contribution >= 4 is 33.6 Å². The van der Waals surface area contributed by atoms with Crippen LogP contribution in [0.25, 0.3) is 10.2 Å². The van der Waals surface area contributed by atoms with Crippen molar-refractivity contribution in [3.63, 3.8) is 0 Å². The Morgan fingerprint density at radius 1 is 0.971 bits per heavy atom. The minimum Gasteiger partial charge on any atom is -0.456 e. The lowest BCUT2D eigenvalue weighted by Gasteiger charge is -2.18. The number of nitrogens with zero attached hydrogens (tertiary/aromatic N) is 1. The summed E-state index contributed by atoms with van der Waals surface area (Å²) in [6.45, 7) is 3.65. The summed E-state index contributed by atoms with van der Waals surface area (Å²) in [6, 6.07) is 17.5. The Bertz CT molecular complexity index is 1380. The molecule has 0 fully saturated rings. The summed E-state index contributed by atoms with van der Waals surface area (Å²) < 4.78 is 10.7. The fourth-order valence-electron chi connectivity index (χ4n) is 3.56. The van der Waals surface area contributed by atoms with Crippen LogP contribution < -0.4 is 10.9 Å². The standard InChI is InChI=1S/C26H25N3O5S/c1-16-17(2)35-24-22(16)23(30)28-21(29-24)15-33-25(31)20(13-18-9-5-3-6-10-18)27-26(32)34-14-19-11-7-4-8-12-19/h3-12,20H,13-15H2,1-2H3,(H,27,32)(H,28,29,30)/t20-/m0/s1. The number of aromatic amines is 1. The second-order valence-corrected chi connectivity index (χ2v) is 9.24. The Morgan fingerprint density at radius 2 is 1.63 bits per heavy atom. The van der Waals surface area contributed by atoms with Crippen LogP contribution in [0.5, 0.6) is 0 Å². The highest BCUT2D eigenvalue weighted by molar-refractivity contribution is 7.18. The molecule has 2 heterocycles. The molecule has 4 aromatic rings. The van der Waals surface area contributed by atoms with Crippen LogP contribution in [0.1, 0.15) is 27.4 Å². The first-order valence-electron chi connectivity index (χ1n) is 11.1. The number of rotatable bonds is 8. The summed E-state index contributed by atoms with van der Waals surface area (Å²) in [6.07, 6.45) is -0.518. The maximum atomic E-state index is 12.9. The summed E-state index contributed by atoms with van der Waals surface area (Å²) in [5, 5.41) is 3.15. The lowest BCUT2D eigenvalue weighted by molar-refractivity contribution is -0.147. The largest absolute Gasteiger partial charge is 0.456 e. The van der Waals surface area contributed by atoms with Crippen LogP contribution >= 0.6 is 11.3 Å². The molecule has 0 unspecified atom stereocenters. The first kappa shape index (κ1) is 24.2. The van der Waals surface area contributed by atoms with Crippen LogP contribution in [0.15, 0.2) is 65.5 Å². The van der Waals surface area contributed by atoms with E-state index in [9.17, 15) is 14.4 Å². The summed E-state index contributed by atoms with van der Waals surface area (Å²) in [5.74, 6) is -0.422. The van der Waals surface area contributed by atoms with Gasteiger partial charge in [0.25, 0.3) is 5.56 Å². The number of hydrogen-bond donors (Lipinski definition) is 2. The van der Waals surface area contributed by atoms with E-state index in [1.54, 1.807) is 0 Å². The topological polar surface area (TPSA) is 110 Å². The van der Waals surface area contributed by atoms with Crippen molar-refractivity contribution in [3.8, 4) is 0 Å². The third-order valence-corrected chi connectivity index (χ3v) is 6.61. The molecule has 180 valence electrons. The number of fused-ring (bicyclic) bond motifs is 1. The third-order valence-electron chi connectivity index (χ3n) is 5.51. The maximum Gasteiger partial charge on any atom is 0.408 e. The van der Waals surface area contributed by atoms with Crippen LogP contribution in [0, 0.1) is 13.8 Å². The molecule has 9 heteroatoms. The van der Waals surface area contributed by atoms with Crippen LogP contribution in [-0.2, 0) is 33.9 Å². The van der Waals surface area contributed by atoms with Crippen molar-refractivity contribution in [3.05, 3.63) is 98.4 Å². The number of amides is 1. The van der Waals surface area contributed by atoms with E-state index in [0.717, 1.165) is 21.6 Å². The van der Waals surface area contributed by atoms with Gasteiger partial charge in [-0.3, -0.25) is 4.79 Å². The maximum absolute atomic E-state index is 12.9. The summed E-state index contributed by atoms with van der Waals surface area (Å²) in [7, 11) is 0.